The van der Waals surface area contributed by atoms with E-state index in [0.717, 1.165) is 37.0 Å². The molecule has 1 unspecified atom stereocenters. The normalized spacial score (nSPS) is 14.8. The molecule has 184 valence electrons. The summed E-state index contributed by atoms with van der Waals surface area (Å²) in [5.74, 6) is 1.26. The van der Waals surface area contributed by atoms with Crippen LogP contribution in [0.3, 0.4) is 0 Å². The number of halogens is 1. The molecule has 0 aromatic heterocycles. The maximum absolute atomic E-state index is 13.2. The summed E-state index contributed by atoms with van der Waals surface area (Å²) >= 11 is 5.91. The van der Waals surface area contributed by atoms with Crippen LogP contribution < -0.4 is 14.8 Å². The molecule has 7 heteroatoms. The first-order valence-corrected chi connectivity index (χ1v) is 12.4. The Morgan fingerprint density at radius 1 is 1.09 bits per heavy atom. The second kappa shape index (κ2) is 13.2. The molecule has 1 aliphatic rings. The van der Waals surface area contributed by atoms with E-state index in [1.807, 2.05) is 24.3 Å². The van der Waals surface area contributed by atoms with E-state index >= 15 is 0 Å². The van der Waals surface area contributed by atoms with Crippen molar-refractivity contribution in [1.82, 2.24) is 10.2 Å². The van der Waals surface area contributed by atoms with Gasteiger partial charge in [0.1, 0.15) is 17.5 Å². The zero-order valence-corrected chi connectivity index (χ0v) is 20.9. The van der Waals surface area contributed by atoms with Crippen molar-refractivity contribution in [2.75, 3.05) is 13.7 Å². The molecule has 1 saturated carbocycles. The van der Waals surface area contributed by atoms with Crippen LogP contribution in [0.4, 0.5) is 0 Å². The Bertz CT molecular complexity index is 928. The topological polar surface area (TPSA) is 67.9 Å². The lowest BCUT2D eigenvalue weighted by atomic mass is 9.95. The van der Waals surface area contributed by atoms with Gasteiger partial charge in [-0.25, -0.2) is 0 Å². The second-order valence-electron chi connectivity index (χ2n) is 8.80. The lowest BCUT2D eigenvalue weighted by Gasteiger charge is -2.31. The van der Waals surface area contributed by atoms with E-state index in [2.05, 4.69) is 5.32 Å². The first-order valence-electron chi connectivity index (χ1n) is 12.1. The number of nitrogens with one attached hydrogen (secondary N) is 1. The summed E-state index contributed by atoms with van der Waals surface area (Å²) in [5.41, 5.74) is 0.919. The lowest BCUT2D eigenvalue weighted by Crippen LogP contribution is -2.50. The Kier molecular flexibility index (Phi) is 10.1. The van der Waals surface area contributed by atoms with Gasteiger partial charge in [-0.05, 0) is 68.1 Å². The van der Waals surface area contributed by atoms with E-state index < -0.39 is 6.04 Å². The van der Waals surface area contributed by atoms with Crippen molar-refractivity contribution in [3.8, 4) is 11.5 Å². The predicted octanol–water partition coefficient (Wildman–Crippen LogP) is 5.37. The minimum Gasteiger partial charge on any atom is -0.497 e. The Morgan fingerprint density at radius 2 is 1.82 bits per heavy atom. The molecular weight excluding hydrogens is 452 g/mol. The van der Waals surface area contributed by atoms with Gasteiger partial charge in [0.25, 0.3) is 0 Å². The molecule has 0 bridgehead atoms. The number of benzene rings is 2. The summed E-state index contributed by atoms with van der Waals surface area (Å²) in [4.78, 5) is 27.9. The minimum atomic E-state index is -0.571. The molecule has 0 aliphatic heterocycles. The summed E-state index contributed by atoms with van der Waals surface area (Å²) in [7, 11) is 1.61. The first-order chi connectivity index (χ1) is 16.5. The maximum atomic E-state index is 13.2. The van der Waals surface area contributed by atoms with Gasteiger partial charge in [-0.3, -0.25) is 9.59 Å². The van der Waals surface area contributed by atoms with E-state index in [-0.39, 0.29) is 17.9 Å². The molecular formula is C27H35ClN2O4. The Labute approximate surface area is 207 Å². The highest BCUT2D eigenvalue weighted by atomic mass is 35.5. The summed E-state index contributed by atoms with van der Waals surface area (Å²) in [6, 6.07) is 14.4. The van der Waals surface area contributed by atoms with Crippen LogP contribution in [0.2, 0.25) is 5.02 Å². The molecule has 0 saturated heterocycles. The summed E-state index contributed by atoms with van der Waals surface area (Å²) in [6.07, 6.45) is 6.35. The maximum Gasteiger partial charge on any atom is 0.242 e. The summed E-state index contributed by atoms with van der Waals surface area (Å²) < 4.78 is 11.0. The molecule has 0 spiro atoms. The van der Waals surface area contributed by atoms with Crippen molar-refractivity contribution >= 4 is 23.4 Å². The van der Waals surface area contributed by atoms with Crippen molar-refractivity contribution in [3.63, 3.8) is 0 Å². The molecule has 2 aromatic rings. The fourth-order valence-corrected chi connectivity index (χ4v) is 4.33. The first kappa shape index (κ1) is 25.9. The zero-order chi connectivity index (χ0) is 24.3. The number of ether oxygens (including phenoxy) is 2. The molecule has 1 fully saturated rings. The third-order valence-electron chi connectivity index (χ3n) is 6.22. The molecule has 2 aromatic carbocycles. The Hall–Kier alpha value is -2.73. The van der Waals surface area contributed by atoms with Crippen LogP contribution in [0.25, 0.3) is 0 Å². The van der Waals surface area contributed by atoms with Crippen LogP contribution in [0.15, 0.2) is 48.5 Å². The fourth-order valence-electron chi connectivity index (χ4n) is 4.21. The van der Waals surface area contributed by atoms with Gasteiger partial charge >= 0.3 is 0 Å². The number of nitrogens with zero attached hydrogens (tertiary/aromatic N) is 1. The molecule has 2 amide bonds. The molecule has 1 atom stereocenters. The molecule has 1 aliphatic carbocycles. The molecule has 6 nitrogen and oxygen atoms in total. The fraction of sp³-hybridized carbons (Fsp3) is 0.481. The molecule has 3 rings (SSSR count). The average Bonchev–Trinajstić information content (AvgIpc) is 2.86. The van der Waals surface area contributed by atoms with Gasteiger partial charge < -0.3 is 19.7 Å². The highest BCUT2D eigenvalue weighted by molar-refractivity contribution is 6.30. The number of carbonyl (C=O) groups is 2. The lowest BCUT2D eigenvalue weighted by molar-refractivity contribution is -0.141. The van der Waals surface area contributed by atoms with Crippen molar-refractivity contribution in [2.45, 2.75) is 70.5 Å². The predicted molar refractivity (Wildman–Crippen MR) is 134 cm³/mol. The number of methoxy groups -OCH3 is 1. The van der Waals surface area contributed by atoms with Gasteiger partial charge in [-0.2, -0.15) is 0 Å². The number of hydrogen-bond donors (Lipinski definition) is 1. The van der Waals surface area contributed by atoms with Gasteiger partial charge in [0.05, 0.1) is 13.7 Å². The van der Waals surface area contributed by atoms with Crippen LogP contribution in [-0.2, 0) is 16.1 Å². The minimum absolute atomic E-state index is 0.0752. The SMILES string of the molecule is COc1cccc(CN(C(=O)CCCOc2ccc(Cl)cc2)C(C)C(=O)NC2CCCCC2)c1. The van der Waals surface area contributed by atoms with Gasteiger partial charge in [0.2, 0.25) is 11.8 Å². The third kappa shape index (κ3) is 7.94. The summed E-state index contributed by atoms with van der Waals surface area (Å²) in [5, 5.41) is 3.81. The van der Waals surface area contributed by atoms with Crippen LogP contribution in [0, 0.1) is 0 Å². The number of rotatable bonds is 11. The summed E-state index contributed by atoms with van der Waals surface area (Å²) in [6.45, 7) is 2.55. The molecule has 0 radical (unpaired) electrons. The van der Waals surface area contributed by atoms with Crippen molar-refractivity contribution in [2.24, 2.45) is 0 Å². The largest absolute Gasteiger partial charge is 0.497 e. The monoisotopic (exact) mass is 486 g/mol. The smallest absolute Gasteiger partial charge is 0.242 e. The Balaban J connectivity index is 1.62. The van der Waals surface area contributed by atoms with Crippen molar-refractivity contribution in [1.29, 1.82) is 0 Å². The van der Waals surface area contributed by atoms with E-state index in [1.54, 1.807) is 43.2 Å². The molecule has 34 heavy (non-hydrogen) atoms. The van der Waals surface area contributed by atoms with E-state index in [9.17, 15) is 9.59 Å². The van der Waals surface area contributed by atoms with Crippen molar-refractivity contribution < 1.29 is 19.1 Å². The Morgan fingerprint density at radius 3 is 2.53 bits per heavy atom. The van der Waals surface area contributed by atoms with Crippen LogP contribution in [0.5, 0.6) is 11.5 Å². The molecule has 1 N–H and O–H groups in total. The van der Waals surface area contributed by atoms with Crippen LogP contribution in [0.1, 0.15) is 57.4 Å². The van der Waals surface area contributed by atoms with E-state index in [1.165, 1.54) is 6.42 Å². The average molecular weight is 487 g/mol. The highest BCUT2D eigenvalue weighted by Gasteiger charge is 2.28. The number of hydrogen-bond acceptors (Lipinski definition) is 4. The van der Waals surface area contributed by atoms with Crippen molar-refractivity contribution in [3.05, 3.63) is 59.1 Å². The van der Waals surface area contributed by atoms with Crippen LogP contribution >= 0.6 is 11.6 Å². The molecule has 0 heterocycles. The van der Waals surface area contributed by atoms with Gasteiger partial charge in [0, 0.05) is 24.0 Å². The van der Waals surface area contributed by atoms with Gasteiger partial charge in [0.15, 0.2) is 0 Å². The van der Waals surface area contributed by atoms with Gasteiger partial charge in [-0.1, -0.05) is 43.0 Å². The number of amides is 2. The quantitative estimate of drug-likeness (QED) is 0.433. The zero-order valence-electron chi connectivity index (χ0n) is 20.1. The number of carbonyl (C=O) groups excluding carboxylic acids is 2. The third-order valence-corrected chi connectivity index (χ3v) is 6.48. The highest BCUT2D eigenvalue weighted by Crippen LogP contribution is 2.20. The standard InChI is InChI=1S/C27H35ClN2O4/c1-20(27(32)29-23-9-4-3-5-10-23)30(19-21-8-6-11-25(18-21)33-2)26(31)12-7-17-34-24-15-13-22(28)14-16-24/h6,8,11,13-16,18,20,23H,3-5,7,9-10,12,17,19H2,1-2H3,(H,29,32). The second-order valence-corrected chi connectivity index (χ2v) is 9.24. The van der Waals surface area contributed by atoms with E-state index in [0.29, 0.717) is 36.8 Å². The van der Waals surface area contributed by atoms with E-state index in [4.69, 9.17) is 21.1 Å². The van der Waals surface area contributed by atoms with Crippen LogP contribution in [-0.4, -0.2) is 42.5 Å². The van der Waals surface area contributed by atoms with Gasteiger partial charge in [-0.15, -0.1) is 0 Å².